The summed E-state index contributed by atoms with van der Waals surface area (Å²) in [5, 5.41) is 14.3. The number of nitrogen functional groups attached to an aromatic ring is 1. The van der Waals surface area contributed by atoms with E-state index in [1.54, 1.807) is 38.1 Å². The molecule has 4 N–H and O–H groups in total. The molecular weight excluding hydrogens is 465 g/mol. The number of rotatable bonds is 5. The summed E-state index contributed by atoms with van der Waals surface area (Å²) < 4.78 is 20.3. The van der Waals surface area contributed by atoms with Gasteiger partial charge in [0.05, 0.1) is 22.1 Å². The fourth-order valence-electron chi connectivity index (χ4n) is 3.69. The summed E-state index contributed by atoms with van der Waals surface area (Å²) in [5.74, 6) is 0.376. The highest BCUT2D eigenvalue weighted by atomic mass is 35.5. The molecule has 0 aliphatic heterocycles. The van der Waals surface area contributed by atoms with Crippen molar-refractivity contribution in [3.8, 4) is 17.3 Å². The zero-order valence-electron chi connectivity index (χ0n) is 17.9. The zero-order chi connectivity index (χ0) is 24.0. The molecule has 1 atom stereocenters. The molecule has 0 radical (unpaired) electrons. The number of aromatic nitrogens is 7. The summed E-state index contributed by atoms with van der Waals surface area (Å²) >= 11 is 6.31. The minimum Gasteiger partial charge on any atom is -0.383 e. The molecule has 11 nitrogen and oxygen atoms in total. The molecule has 4 aromatic heterocycles. The molecule has 13 heteroatoms. The molecule has 0 fully saturated rings. The molecule has 5 aromatic rings. The van der Waals surface area contributed by atoms with E-state index in [1.165, 1.54) is 10.9 Å². The Morgan fingerprint density at radius 3 is 2.82 bits per heavy atom. The normalized spacial score (nSPS) is 12.2. The monoisotopic (exact) mass is 481 g/mol. The van der Waals surface area contributed by atoms with Crippen LogP contribution in [-0.4, -0.2) is 34.9 Å². The molecule has 0 spiro atoms. The van der Waals surface area contributed by atoms with E-state index in [9.17, 15) is 9.18 Å². The number of anilines is 2. The lowest BCUT2D eigenvalue weighted by Crippen LogP contribution is -2.26. The van der Waals surface area contributed by atoms with Crippen molar-refractivity contribution in [1.82, 2.24) is 34.9 Å². The SMILES string of the molecule is Cc1noc(-c2c(N)ncnc2NC(C)c2cc3cccc(Cl)c3c(=O)n2-c2cc(F)[nH]n2)n1. The van der Waals surface area contributed by atoms with Gasteiger partial charge in [-0.05, 0) is 31.4 Å². The topological polar surface area (TPSA) is 153 Å². The summed E-state index contributed by atoms with van der Waals surface area (Å²) in [5.41, 5.74) is 6.41. The number of hydrogen-bond acceptors (Lipinski definition) is 9. The largest absolute Gasteiger partial charge is 0.383 e. The molecule has 0 saturated heterocycles. The quantitative estimate of drug-likeness (QED) is 0.342. The van der Waals surface area contributed by atoms with Crippen LogP contribution >= 0.6 is 11.6 Å². The van der Waals surface area contributed by atoms with Crippen LogP contribution in [0.2, 0.25) is 5.02 Å². The Kier molecular flexibility index (Phi) is 5.21. The van der Waals surface area contributed by atoms with Gasteiger partial charge in [-0.3, -0.25) is 14.5 Å². The maximum atomic E-state index is 13.8. The number of aryl methyl sites for hydroxylation is 1. The van der Waals surface area contributed by atoms with Crippen molar-refractivity contribution in [2.75, 3.05) is 11.1 Å². The Balaban J connectivity index is 1.67. The first kappa shape index (κ1) is 21.5. The lowest BCUT2D eigenvalue weighted by atomic mass is 10.1. The molecule has 5 rings (SSSR count). The number of nitrogens with two attached hydrogens (primary N) is 1. The third kappa shape index (κ3) is 3.63. The third-order valence-corrected chi connectivity index (χ3v) is 5.52. The van der Waals surface area contributed by atoms with Gasteiger partial charge in [0.2, 0.25) is 5.95 Å². The van der Waals surface area contributed by atoms with Crippen LogP contribution in [-0.2, 0) is 0 Å². The van der Waals surface area contributed by atoms with Gasteiger partial charge in [-0.15, -0.1) is 0 Å². The van der Waals surface area contributed by atoms with Gasteiger partial charge in [-0.2, -0.15) is 14.5 Å². The first-order valence-electron chi connectivity index (χ1n) is 10.1. The first-order valence-corrected chi connectivity index (χ1v) is 10.4. The van der Waals surface area contributed by atoms with Crippen LogP contribution < -0.4 is 16.6 Å². The van der Waals surface area contributed by atoms with Gasteiger partial charge < -0.3 is 15.6 Å². The summed E-state index contributed by atoms with van der Waals surface area (Å²) in [7, 11) is 0. The fourth-order valence-corrected chi connectivity index (χ4v) is 3.96. The van der Waals surface area contributed by atoms with Crippen LogP contribution in [0.1, 0.15) is 24.5 Å². The molecule has 0 saturated carbocycles. The van der Waals surface area contributed by atoms with Gasteiger partial charge in [0.1, 0.15) is 23.5 Å². The van der Waals surface area contributed by atoms with Gasteiger partial charge in [-0.25, -0.2) is 9.97 Å². The molecule has 0 aliphatic carbocycles. The van der Waals surface area contributed by atoms with E-state index >= 15 is 0 Å². The zero-order valence-corrected chi connectivity index (χ0v) is 18.6. The smallest absolute Gasteiger partial charge is 0.266 e. The Morgan fingerprint density at radius 1 is 1.29 bits per heavy atom. The van der Waals surface area contributed by atoms with Crippen LogP contribution in [0.3, 0.4) is 0 Å². The maximum Gasteiger partial charge on any atom is 0.266 e. The molecule has 4 heterocycles. The average molecular weight is 482 g/mol. The Hall–Kier alpha value is -4.32. The highest BCUT2D eigenvalue weighted by molar-refractivity contribution is 6.35. The predicted molar refractivity (Wildman–Crippen MR) is 123 cm³/mol. The lowest BCUT2D eigenvalue weighted by Gasteiger charge is -2.21. The standard InChI is InChI=1S/C21H17ClFN9O2/c1-9(27-19-17(18(24)25-8-26-19)20-28-10(2)31-34-20)13-6-11-4-3-5-12(22)16(11)21(33)32(13)15-7-14(23)29-30-15/h3-9H,1-2H3,(H,29,30)(H3,24,25,26,27). The molecule has 1 unspecified atom stereocenters. The summed E-state index contributed by atoms with van der Waals surface area (Å²) in [4.78, 5) is 26.0. The van der Waals surface area contributed by atoms with Gasteiger partial charge >= 0.3 is 0 Å². The van der Waals surface area contributed by atoms with Crippen molar-refractivity contribution in [2.45, 2.75) is 19.9 Å². The number of nitrogens with zero attached hydrogens (tertiary/aromatic N) is 6. The van der Waals surface area contributed by atoms with Crippen LogP contribution in [0.15, 0.2) is 46.0 Å². The minimum absolute atomic E-state index is 0.0721. The van der Waals surface area contributed by atoms with Crippen molar-refractivity contribution in [1.29, 1.82) is 0 Å². The number of H-pyrrole nitrogens is 1. The maximum absolute atomic E-state index is 13.8. The van der Waals surface area contributed by atoms with E-state index < -0.39 is 17.5 Å². The molecule has 34 heavy (non-hydrogen) atoms. The number of hydrogen-bond donors (Lipinski definition) is 3. The van der Waals surface area contributed by atoms with Gasteiger partial charge in [0.15, 0.2) is 11.6 Å². The van der Waals surface area contributed by atoms with E-state index in [2.05, 4.69) is 35.6 Å². The highest BCUT2D eigenvalue weighted by Gasteiger charge is 2.23. The second-order valence-corrected chi connectivity index (χ2v) is 7.89. The fraction of sp³-hybridized carbons (Fsp3) is 0.143. The second kappa shape index (κ2) is 8.23. The Bertz CT molecular complexity index is 1590. The van der Waals surface area contributed by atoms with Crippen molar-refractivity contribution >= 4 is 34.0 Å². The Morgan fingerprint density at radius 2 is 2.12 bits per heavy atom. The second-order valence-electron chi connectivity index (χ2n) is 7.48. The van der Waals surface area contributed by atoms with Gasteiger partial charge in [0, 0.05) is 6.07 Å². The summed E-state index contributed by atoms with van der Waals surface area (Å²) in [6.07, 6.45) is 1.29. The number of halogens is 2. The lowest BCUT2D eigenvalue weighted by molar-refractivity contribution is 0.425. The van der Waals surface area contributed by atoms with Gasteiger partial charge in [-0.1, -0.05) is 28.9 Å². The number of benzene rings is 1. The molecule has 0 aliphatic rings. The van der Waals surface area contributed by atoms with E-state index in [0.717, 1.165) is 6.07 Å². The molecular formula is C21H17ClFN9O2. The average Bonchev–Trinajstić information content (AvgIpc) is 3.41. The summed E-state index contributed by atoms with van der Waals surface area (Å²) in [6.45, 7) is 3.47. The van der Waals surface area contributed by atoms with E-state index in [1.807, 2.05) is 0 Å². The predicted octanol–water partition coefficient (Wildman–Crippen LogP) is 3.41. The Labute approximate surface area is 195 Å². The van der Waals surface area contributed by atoms with E-state index in [0.29, 0.717) is 28.3 Å². The van der Waals surface area contributed by atoms with Crippen LogP contribution in [0.4, 0.5) is 16.0 Å². The molecule has 1 aromatic carbocycles. The minimum atomic E-state index is -0.689. The van der Waals surface area contributed by atoms with Crippen LogP contribution in [0.25, 0.3) is 28.0 Å². The number of pyridine rings is 1. The number of fused-ring (bicyclic) bond motifs is 1. The van der Waals surface area contributed by atoms with Crippen molar-refractivity contribution < 1.29 is 8.91 Å². The van der Waals surface area contributed by atoms with Crippen molar-refractivity contribution in [2.24, 2.45) is 0 Å². The van der Waals surface area contributed by atoms with Crippen molar-refractivity contribution in [3.63, 3.8) is 0 Å². The first-order chi connectivity index (χ1) is 16.3. The molecule has 0 bridgehead atoms. The third-order valence-electron chi connectivity index (χ3n) is 5.20. The van der Waals surface area contributed by atoms with Crippen molar-refractivity contribution in [3.05, 3.63) is 69.5 Å². The van der Waals surface area contributed by atoms with E-state index in [4.69, 9.17) is 21.9 Å². The number of aromatic amines is 1. The number of nitrogens with one attached hydrogen (secondary N) is 2. The van der Waals surface area contributed by atoms with Crippen LogP contribution in [0, 0.1) is 12.9 Å². The molecule has 172 valence electrons. The van der Waals surface area contributed by atoms with Gasteiger partial charge in [0.25, 0.3) is 11.4 Å². The summed E-state index contributed by atoms with van der Waals surface area (Å²) in [6, 6.07) is 7.47. The molecule has 0 amide bonds. The highest BCUT2D eigenvalue weighted by Crippen LogP contribution is 2.32. The van der Waals surface area contributed by atoms with Crippen LogP contribution in [0.5, 0.6) is 0 Å². The van der Waals surface area contributed by atoms with E-state index in [-0.39, 0.29) is 27.9 Å².